The molecule has 0 amide bonds. The highest BCUT2D eigenvalue weighted by atomic mass is 15.3. The molecule has 0 atom stereocenters. The van der Waals surface area contributed by atoms with Crippen molar-refractivity contribution in [2.75, 3.05) is 26.2 Å². The summed E-state index contributed by atoms with van der Waals surface area (Å²) in [5, 5.41) is 0. The van der Waals surface area contributed by atoms with Crippen LogP contribution in [0.2, 0.25) is 0 Å². The molecule has 0 spiro atoms. The molecule has 0 aromatic rings. The van der Waals surface area contributed by atoms with Gasteiger partial charge in [-0.3, -0.25) is 9.80 Å². The molecule has 0 bridgehead atoms. The van der Waals surface area contributed by atoms with E-state index in [0.29, 0.717) is 0 Å². The van der Waals surface area contributed by atoms with Crippen LogP contribution in [0.4, 0.5) is 0 Å². The van der Waals surface area contributed by atoms with E-state index in [2.05, 4.69) is 23.6 Å². The van der Waals surface area contributed by atoms with Crippen LogP contribution >= 0.6 is 0 Å². The molecule has 2 fully saturated rings. The summed E-state index contributed by atoms with van der Waals surface area (Å²) in [7, 11) is 0. The normalized spacial score (nSPS) is 28.2. The Morgan fingerprint density at radius 3 is 2.17 bits per heavy atom. The van der Waals surface area contributed by atoms with Crippen molar-refractivity contribution in [1.29, 1.82) is 0 Å². The lowest BCUT2D eigenvalue weighted by Crippen LogP contribution is -2.60. The van der Waals surface area contributed by atoms with Crippen LogP contribution in [0.3, 0.4) is 0 Å². The van der Waals surface area contributed by atoms with E-state index in [1.165, 1.54) is 39.0 Å². The van der Waals surface area contributed by atoms with E-state index >= 15 is 0 Å². The summed E-state index contributed by atoms with van der Waals surface area (Å²) in [6.07, 6.45) is 2.86. The molecule has 2 aliphatic heterocycles. The third kappa shape index (κ3) is 1.50. The zero-order chi connectivity index (χ0) is 8.55. The Hall–Kier alpha value is -0.0800. The molecule has 2 heteroatoms. The van der Waals surface area contributed by atoms with Crippen molar-refractivity contribution in [3.63, 3.8) is 0 Å². The minimum absolute atomic E-state index is 0.754. The standard InChI is InChI=1S/C10H20N2/c1-9(2)12-7-10(8-12)11-5-3-4-6-11/h9-10H,3-8H2,1-2H3. The molecular formula is C10H20N2. The van der Waals surface area contributed by atoms with Gasteiger partial charge in [0.25, 0.3) is 0 Å². The first-order chi connectivity index (χ1) is 5.77. The van der Waals surface area contributed by atoms with Crippen LogP contribution in [0.15, 0.2) is 0 Å². The first kappa shape index (κ1) is 8.52. The van der Waals surface area contributed by atoms with Crippen molar-refractivity contribution in [2.45, 2.75) is 38.8 Å². The van der Waals surface area contributed by atoms with E-state index in [-0.39, 0.29) is 0 Å². The smallest absolute Gasteiger partial charge is 0.0350 e. The maximum absolute atomic E-state index is 2.67. The Bertz CT molecular complexity index is 144. The first-order valence-electron chi connectivity index (χ1n) is 5.25. The van der Waals surface area contributed by atoms with Gasteiger partial charge in [0, 0.05) is 25.2 Å². The molecule has 0 unspecified atom stereocenters. The van der Waals surface area contributed by atoms with Gasteiger partial charge >= 0.3 is 0 Å². The summed E-state index contributed by atoms with van der Waals surface area (Å²) in [4.78, 5) is 5.22. The molecule has 2 nitrogen and oxygen atoms in total. The SMILES string of the molecule is CC(C)N1CC(N2CCCC2)C1. The second-order valence-electron chi connectivity index (χ2n) is 4.44. The Kier molecular flexibility index (Phi) is 2.37. The van der Waals surface area contributed by atoms with Gasteiger partial charge in [-0.05, 0) is 39.8 Å². The van der Waals surface area contributed by atoms with Crippen molar-refractivity contribution in [2.24, 2.45) is 0 Å². The van der Waals surface area contributed by atoms with Gasteiger partial charge in [0.15, 0.2) is 0 Å². The number of rotatable bonds is 2. The van der Waals surface area contributed by atoms with Gasteiger partial charge in [-0.25, -0.2) is 0 Å². The highest BCUT2D eigenvalue weighted by molar-refractivity contribution is 4.90. The van der Waals surface area contributed by atoms with Gasteiger partial charge in [-0.1, -0.05) is 0 Å². The maximum atomic E-state index is 2.67. The van der Waals surface area contributed by atoms with Gasteiger partial charge in [0.1, 0.15) is 0 Å². The molecule has 0 aromatic heterocycles. The van der Waals surface area contributed by atoms with E-state index in [1.807, 2.05) is 0 Å². The van der Waals surface area contributed by atoms with Gasteiger partial charge in [-0.15, -0.1) is 0 Å². The Morgan fingerprint density at radius 2 is 1.67 bits per heavy atom. The van der Waals surface area contributed by atoms with Crippen molar-refractivity contribution < 1.29 is 0 Å². The van der Waals surface area contributed by atoms with Crippen molar-refractivity contribution >= 4 is 0 Å². The predicted molar refractivity (Wildman–Crippen MR) is 51.3 cm³/mol. The van der Waals surface area contributed by atoms with Crippen molar-refractivity contribution in [1.82, 2.24) is 9.80 Å². The number of nitrogens with zero attached hydrogens (tertiary/aromatic N) is 2. The average Bonchev–Trinajstić information content (AvgIpc) is 2.34. The quantitative estimate of drug-likeness (QED) is 0.611. The molecule has 12 heavy (non-hydrogen) atoms. The first-order valence-corrected chi connectivity index (χ1v) is 5.25. The van der Waals surface area contributed by atoms with Crippen molar-refractivity contribution in [3.05, 3.63) is 0 Å². The minimum Gasteiger partial charge on any atom is -0.298 e. The maximum Gasteiger partial charge on any atom is 0.0350 e. The average molecular weight is 168 g/mol. The topological polar surface area (TPSA) is 6.48 Å². The monoisotopic (exact) mass is 168 g/mol. The highest BCUT2D eigenvalue weighted by Crippen LogP contribution is 2.21. The van der Waals surface area contributed by atoms with E-state index in [4.69, 9.17) is 0 Å². The zero-order valence-corrected chi connectivity index (χ0v) is 8.29. The van der Waals surface area contributed by atoms with Crippen LogP contribution in [-0.4, -0.2) is 48.1 Å². The molecule has 0 N–H and O–H groups in total. The van der Waals surface area contributed by atoms with Crippen LogP contribution in [0.25, 0.3) is 0 Å². The van der Waals surface area contributed by atoms with Gasteiger partial charge in [0.05, 0.1) is 0 Å². The summed E-state index contributed by atoms with van der Waals surface area (Å²) in [5.41, 5.74) is 0. The molecule has 2 aliphatic rings. The third-order valence-corrected chi connectivity index (χ3v) is 3.28. The van der Waals surface area contributed by atoms with Gasteiger partial charge in [0.2, 0.25) is 0 Å². The lowest BCUT2D eigenvalue weighted by Gasteiger charge is -2.46. The Balaban J connectivity index is 1.73. The fraction of sp³-hybridized carbons (Fsp3) is 1.00. The summed E-state index contributed by atoms with van der Waals surface area (Å²) in [6.45, 7) is 9.93. The van der Waals surface area contributed by atoms with E-state index in [9.17, 15) is 0 Å². The van der Waals surface area contributed by atoms with Crippen LogP contribution in [0.1, 0.15) is 26.7 Å². The van der Waals surface area contributed by atoms with Gasteiger partial charge in [-0.2, -0.15) is 0 Å². The molecule has 2 heterocycles. The molecule has 0 aromatic carbocycles. The largest absolute Gasteiger partial charge is 0.298 e. The predicted octanol–water partition coefficient (Wildman–Crippen LogP) is 1.17. The van der Waals surface area contributed by atoms with Crippen molar-refractivity contribution in [3.8, 4) is 0 Å². The summed E-state index contributed by atoms with van der Waals surface area (Å²) in [6, 6.07) is 1.65. The van der Waals surface area contributed by atoms with Crippen LogP contribution in [-0.2, 0) is 0 Å². The van der Waals surface area contributed by atoms with Crippen LogP contribution < -0.4 is 0 Å². The van der Waals surface area contributed by atoms with E-state index in [0.717, 1.165) is 12.1 Å². The van der Waals surface area contributed by atoms with Crippen LogP contribution in [0.5, 0.6) is 0 Å². The second kappa shape index (κ2) is 3.35. The third-order valence-electron chi connectivity index (χ3n) is 3.28. The summed E-state index contributed by atoms with van der Waals surface area (Å²) >= 11 is 0. The second-order valence-corrected chi connectivity index (χ2v) is 4.44. The molecule has 0 aliphatic carbocycles. The minimum atomic E-state index is 0.754. The summed E-state index contributed by atoms with van der Waals surface area (Å²) < 4.78 is 0. The Labute approximate surface area is 75.5 Å². The highest BCUT2D eigenvalue weighted by Gasteiger charge is 2.33. The van der Waals surface area contributed by atoms with E-state index < -0.39 is 0 Å². The molecule has 2 saturated heterocycles. The number of hydrogen-bond donors (Lipinski definition) is 0. The van der Waals surface area contributed by atoms with Crippen LogP contribution in [0, 0.1) is 0 Å². The molecule has 2 rings (SSSR count). The Morgan fingerprint density at radius 1 is 1.08 bits per heavy atom. The van der Waals surface area contributed by atoms with E-state index in [1.54, 1.807) is 0 Å². The number of hydrogen-bond acceptors (Lipinski definition) is 2. The molecular weight excluding hydrogens is 148 g/mol. The van der Waals surface area contributed by atoms with Gasteiger partial charge < -0.3 is 0 Å². The molecule has 70 valence electrons. The fourth-order valence-corrected chi connectivity index (χ4v) is 2.25. The molecule has 0 radical (unpaired) electrons. The summed E-state index contributed by atoms with van der Waals surface area (Å²) in [5.74, 6) is 0. The number of likely N-dealkylation sites (tertiary alicyclic amines) is 2. The fourth-order valence-electron chi connectivity index (χ4n) is 2.25. The molecule has 0 saturated carbocycles. The lowest BCUT2D eigenvalue weighted by atomic mass is 10.1. The lowest BCUT2D eigenvalue weighted by molar-refractivity contribution is 0.0259. The zero-order valence-electron chi connectivity index (χ0n) is 8.29.